The van der Waals surface area contributed by atoms with Crippen molar-refractivity contribution in [2.75, 3.05) is 25.1 Å². The number of imide groups is 1. The number of thioether (sulfide) groups is 1. The molecule has 3 amide bonds. The van der Waals surface area contributed by atoms with Crippen LogP contribution in [0.3, 0.4) is 0 Å². The van der Waals surface area contributed by atoms with Crippen LogP contribution in [0.25, 0.3) is 6.08 Å². The fraction of sp³-hybridized carbons (Fsp3) is 0.182. The standard InChI is InChI=1S/C22H18BrClN2O7S/c1-2-32-16-8-12(7-13(23)20(16)33-11-19(28)29)9-17-21(30)26(22(31)34-17)10-18(27)25-15-6-4-3-5-14(15)24/h3-9H,2,10-11H2,1H3,(H,25,27)(H,28,29)/b17-9+. The number of benzene rings is 2. The lowest BCUT2D eigenvalue weighted by molar-refractivity contribution is -0.139. The molecule has 2 N–H and O–H groups in total. The lowest BCUT2D eigenvalue weighted by atomic mass is 10.2. The SMILES string of the molecule is CCOc1cc(/C=C2/SC(=O)N(CC(=O)Nc3ccccc3Cl)C2=O)cc(Br)c1OCC(=O)O. The van der Waals surface area contributed by atoms with Gasteiger partial charge in [-0.2, -0.15) is 0 Å². The van der Waals surface area contributed by atoms with Crippen LogP contribution < -0.4 is 14.8 Å². The van der Waals surface area contributed by atoms with E-state index < -0.39 is 36.2 Å². The molecule has 0 atom stereocenters. The molecule has 1 heterocycles. The van der Waals surface area contributed by atoms with Gasteiger partial charge in [0, 0.05) is 0 Å². The number of carbonyl (C=O) groups is 4. The zero-order valence-corrected chi connectivity index (χ0v) is 20.8. The van der Waals surface area contributed by atoms with E-state index in [2.05, 4.69) is 21.2 Å². The third-order valence-electron chi connectivity index (χ3n) is 4.29. The number of rotatable bonds is 9. The van der Waals surface area contributed by atoms with Crippen molar-refractivity contribution in [3.63, 3.8) is 0 Å². The normalized spacial score (nSPS) is 14.4. The number of para-hydroxylation sites is 1. The molecule has 1 aliphatic heterocycles. The third kappa shape index (κ3) is 6.31. The quantitative estimate of drug-likeness (QED) is 0.419. The third-order valence-corrected chi connectivity index (χ3v) is 6.12. The van der Waals surface area contributed by atoms with Crippen molar-refractivity contribution in [1.82, 2.24) is 4.90 Å². The van der Waals surface area contributed by atoms with Crippen LogP contribution >= 0.6 is 39.3 Å². The van der Waals surface area contributed by atoms with Crippen LogP contribution in [0, 0.1) is 0 Å². The van der Waals surface area contributed by atoms with E-state index >= 15 is 0 Å². The van der Waals surface area contributed by atoms with Crippen LogP contribution in [0.5, 0.6) is 11.5 Å². The molecule has 0 bridgehead atoms. The predicted molar refractivity (Wildman–Crippen MR) is 131 cm³/mol. The first-order chi connectivity index (χ1) is 16.2. The molecule has 1 fully saturated rings. The number of ether oxygens (including phenoxy) is 2. The van der Waals surface area contributed by atoms with Gasteiger partial charge in [-0.1, -0.05) is 23.7 Å². The number of carboxylic acid groups (broad SMARTS) is 1. The van der Waals surface area contributed by atoms with Gasteiger partial charge in [0.25, 0.3) is 11.1 Å². The Balaban J connectivity index is 1.78. The van der Waals surface area contributed by atoms with Crippen molar-refractivity contribution < 1.29 is 33.8 Å². The fourth-order valence-corrected chi connectivity index (χ4v) is 4.49. The number of nitrogens with zero attached hydrogens (tertiary/aromatic N) is 1. The lowest BCUT2D eigenvalue weighted by Crippen LogP contribution is -2.36. The van der Waals surface area contributed by atoms with Crippen molar-refractivity contribution in [3.8, 4) is 11.5 Å². The van der Waals surface area contributed by atoms with Gasteiger partial charge >= 0.3 is 5.97 Å². The Morgan fingerprint density at radius 3 is 2.65 bits per heavy atom. The minimum atomic E-state index is -1.15. The number of amides is 3. The van der Waals surface area contributed by atoms with E-state index in [0.717, 1.165) is 4.90 Å². The average molecular weight is 570 g/mol. The molecule has 0 unspecified atom stereocenters. The lowest BCUT2D eigenvalue weighted by Gasteiger charge is -2.14. The first kappa shape index (κ1) is 25.6. The van der Waals surface area contributed by atoms with Crippen molar-refractivity contribution >= 4 is 74.1 Å². The molecule has 34 heavy (non-hydrogen) atoms. The van der Waals surface area contributed by atoms with E-state index in [1.807, 2.05) is 0 Å². The molecule has 1 saturated heterocycles. The molecule has 0 saturated carbocycles. The number of halogens is 2. The predicted octanol–water partition coefficient (Wildman–Crippen LogP) is 4.64. The Bertz CT molecular complexity index is 1190. The van der Waals surface area contributed by atoms with Gasteiger partial charge in [-0.05, 0) is 70.5 Å². The molecule has 9 nitrogen and oxygen atoms in total. The maximum atomic E-state index is 12.8. The van der Waals surface area contributed by atoms with Gasteiger partial charge in [0.1, 0.15) is 6.54 Å². The highest BCUT2D eigenvalue weighted by atomic mass is 79.9. The Labute approximate surface area is 212 Å². The summed E-state index contributed by atoms with van der Waals surface area (Å²) in [5.41, 5.74) is 0.874. The molecule has 0 aromatic heterocycles. The number of carbonyl (C=O) groups excluding carboxylic acids is 3. The second-order valence-corrected chi connectivity index (χ2v) is 9.00. The monoisotopic (exact) mass is 568 g/mol. The van der Waals surface area contributed by atoms with Crippen molar-refractivity contribution in [2.45, 2.75) is 6.92 Å². The Morgan fingerprint density at radius 1 is 1.24 bits per heavy atom. The molecule has 178 valence electrons. The second-order valence-electron chi connectivity index (χ2n) is 6.74. The average Bonchev–Trinajstić information content (AvgIpc) is 3.02. The van der Waals surface area contributed by atoms with Gasteiger partial charge < -0.3 is 19.9 Å². The maximum absolute atomic E-state index is 12.8. The maximum Gasteiger partial charge on any atom is 0.341 e. The smallest absolute Gasteiger partial charge is 0.341 e. The molecule has 1 aliphatic rings. The summed E-state index contributed by atoms with van der Waals surface area (Å²) >= 11 is 10.0. The Morgan fingerprint density at radius 2 is 1.97 bits per heavy atom. The molecule has 2 aromatic carbocycles. The van der Waals surface area contributed by atoms with E-state index in [1.54, 1.807) is 43.3 Å². The number of anilines is 1. The van der Waals surface area contributed by atoms with Crippen LogP contribution in [-0.2, 0) is 14.4 Å². The van der Waals surface area contributed by atoms with Crippen LogP contribution in [0.15, 0.2) is 45.8 Å². The van der Waals surface area contributed by atoms with Crippen LogP contribution in [-0.4, -0.2) is 52.8 Å². The van der Waals surface area contributed by atoms with Gasteiger partial charge in [0.05, 0.1) is 26.7 Å². The molecule has 3 rings (SSSR count). The first-order valence-electron chi connectivity index (χ1n) is 9.80. The molecule has 0 aliphatic carbocycles. The topological polar surface area (TPSA) is 122 Å². The highest BCUT2D eigenvalue weighted by Crippen LogP contribution is 2.39. The minimum absolute atomic E-state index is 0.115. The Kier molecular flexibility index (Phi) is 8.59. The molecule has 2 aromatic rings. The Hall–Kier alpha value is -3.02. The summed E-state index contributed by atoms with van der Waals surface area (Å²) in [6.45, 7) is 1.01. The zero-order valence-electron chi connectivity index (χ0n) is 17.7. The second kappa shape index (κ2) is 11.4. The van der Waals surface area contributed by atoms with Gasteiger partial charge in [0.2, 0.25) is 5.91 Å². The largest absolute Gasteiger partial charge is 0.490 e. The van der Waals surface area contributed by atoms with E-state index in [0.29, 0.717) is 32.5 Å². The van der Waals surface area contributed by atoms with Crippen LogP contribution in [0.1, 0.15) is 12.5 Å². The van der Waals surface area contributed by atoms with Gasteiger partial charge in [-0.15, -0.1) is 0 Å². The molecule has 12 heteroatoms. The molecule has 0 spiro atoms. The van der Waals surface area contributed by atoms with E-state index in [9.17, 15) is 19.2 Å². The van der Waals surface area contributed by atoms with E-state index in [1.165, 1.54) is 6.08 Å². The number of aliphatic carboxylic acids is 1. The van der Waals surface area contributed by atoms with Crippen molar-refractivity contribution in [2.24, 2.45) is 0 Å². The zero-order chi connectivity index (χ0) is 24.8. The van der Waals surface area contributed by atoms with Crippen molar-refractivity contribution in [1.29, 1.82) is 0 Å². The highest BCUT2D eigenvalue weighted by Gasteiger charge is 2.36. The number of carboxylic acids is 1. The van der Waals surface area contributed by atoms with Crippen LogP contribution in [0.4, 0.5) is 10.5 Å². The summed E-state index contributed by atoms with van der Waals surface area (Å²) in [6, 6.07) is 9.76. The first-order valence-corrected chi connectivity index (χ1v) is 11.8. The fourth-order valence-electron chi connectivity index (χ4n) is 2.89. The van der Waals surface area contributed by atoms with Gasteiger partial charge in [-0.3, -0.25) is 19.3 Å². The summed E-state index contributed by atoms with van der Waals surface area (Å²) in [4.78, 5) is 49.3. The summed E-state index contributed by atoms with van der Waals surface area (Å²) in [5, 5.41) is 11.2. The summed E-state index contributed by atoms with van der Waals surface area (Å²) in [6.07, 6.45) is 1.48. The molecule has 0 radical (unpaired) electrons. The highest BCUT2D eigenvalue weighted by molar-refractivity contribution is 9.10. The molecular formula is C22H18BrClN2O7S. The summed E-state index contributed by atoms with van der Waals surface area (Å²) in [5.74, 6) is -1.87. The number of nitrogens with one attached hydrogen (secondary N) is 1. The van der Waals surface area contributed by atoms with Crippen LogP contribution in [0.2, 0.25) is 5.02 Å². The van der Waals surface area contributed by atoms with Gasteiger partial charge in [-0.25, -0.2) is 4.79 Å². The van der Waals surface area contributed by atoms with E-state index in [-0.39, 0.29) is 23.0 Å². The molecular weight excluding hydrogens is 552 g/mol. The minimum Gasteiger partial charge on any atom is -0.490 e. The van der Waals surface area contributed by atoms with Gasteiger partial charge in [0.15, 0.2) is 18.1 Å². The summed E-state index contributed by atoms with van der Waals surface area (Å²) in [7, 11) is 0. The summed E-state index contributed by atoms with van der Waals surface area (Å²) < 4.78 is 11.2. The number of hydrogen-bond donors (Lipinski definition) is 2. The van der Waals surface area contributed by atoms with Crippen molar-refractivity contribution in [3.05, 3.63) is 56.4 Å². The number of hydrogen-bond acceptors (Lipinski definition) is 7. The van der Waals surface area contributed by atoms with E-state index in [4.69, 9.17) is 26.2 Å².